The monoisotopic (exact) mass is 386 g/mol. The van der Waals surface area contributed by atoms with Gasteiger partial charge in [-0.2, -0.15) is 0 Å². The Morgan fingerprint density at radius 1 is 0.962 bits per heavy atom. The Labute approximate surface area is 161 Å². The summed E-state index contributed by atoms with van der Waals surface area (Å²) >= 11 is 12.0. The van der Waals surface area contributed by atoms with Crippen LogP contribution < -0.4 is 4.74 Å². The van der Waals surface area contributed by atoms with Gasteiger partial charge in [0.25, 0.3) is 0 Å². The zero-order valence-corrected chi connectivity index (χ0v) is 15.2. The largest absolute Gasteiger partial charge is 0.481 e. The van der Waals surface area contributed by atoms with E-state index < -0.39 is 11.9 Å². The summed E-state index contributed by atoms with van der Waals surface area (Å²) < 4.78 is 5.75. The van der Waals surface area contributed by atoms with Gasteiger partial charge in [0.1, 0.15) is 11.5 Å². The van der Waals surface area contributed by atoms with Crippen LogP contribution in [0, 0.1) is 0 Å². The summed E-state index contributed by atoms with van der Waals surface area (Å²) in [5, 5.41) is 10.5. The van der Waals surface area contributed by atoms with Gasteiger partial charge in [0.2, 0.25) is 0 Å². The van der Waals surface area contributed by atoms with Crippen LogP contribution in [-0.2, 0) is 11.2 Å². The maximum atomic E-state index is 11.6. The zero-order chi connectivity index (χ0) is 18.5. The Morgan fingerprint density at radius 3 is 2.27 bits per heavy atom. The number of rotatable bonds is 6. The molecular formula is C21H16Cl2O3. The van der Waals surface area contributed by atoms with Gasteiger partial charge in [0, 0.05) is 5.02 Å². The lowest BCUT2D eigenvalue weighted by Gasteiger charge is -2.13. The van der Waals surface area contributed by atoms with Crippen LogP contribution in [0.25, 0.3) is 0 Å². The molecule has 1 atom stereocenters. The SMILES string of the molecule is O=C(O)C(Cc1ccc(Oc2ccc(Cl)cc2Cl)cc1)c1ccccc1. The smallest absolute Gasteiger partial charge is 0.311 e. The molecule has 0 amide bonds. The Bertz CT molecular complexity index is 893. The minimum Gasteiger partial charge on any atom is -0.481 e. The van der Waals surface area contributed by atoms with Crippen LogP contribution in [0.5, 0.6) is 11.5 Å². The molecule has 0 spiro atoms. The second kappa shape index (κ2) is 8.26. The summed E-state index contributed by atoms with van der Waals surface area (Å²) in [4.78, 5) is 11.6. The van der Waals surface area contributed by atoms with E-state index in [-0.39, 0.29) is 0 Å². The molecule has 0 saturated heterocycles. The molecule has 0 aliphatic rings. The molecular weight excluding hydrogens is 371 g/mol. The van der Waals surface area contributed by atoms with E-state index in [1.54, 1.807) is 30.3 Å². The quantitative estimate of drug-likeness (QED) is 0.548. The first-order chi connectivity index (χ1) is 12.5. The fourth-order valence-electron chi connectivity index (χ4n) is 2.65. The number of halogens is 2. The molecule has 0 aromatic heterocycles. The van der Waals surface area contributed by atoms with Crippen molar-refractivity contribution in [3.05, 3.63) is 94.0 Å². The van der Waals surface area contributed by atoms with E-state index in [0.29, 0.717) is 28.0 Å². The van der Waals surface area contributed by atoms with Gasteiger partial charge in [-0.25, -0.2) is 0 Å². The van der Waals surface area contributed by atoms with Crippen molar-refractivity contribution >= 4 is 29.2 Å². The van der Waals surface area contributed by atoms with E-state index in [1.165, 1.54) is 0 Å². The molecule has 3 nitrogen and oxygen atoms in total. The highest BCUT2D eigenvalue weighted by molar-refractivity contribution is 6.35. The molecule has 0 saturated carbocycles. The Hall–Kier alpha value is -2.49. The van der Waals surface area contributed by atoms with Crippen molar-refractivity contribution in [3.8, 4) is 11.5 Å². The molecule has 26 heavy (non-hydrogen) atoms. The first-order valence-electron chi connectivity index (χ1n) is 8.02. The topological polar surface area (TPSA) is 46.5 Å². The molecule has 5 heteroatoms. The van der Waals surface area contributed by atoms with Crippen LogP contribution in [0.15, 0.2) is 72.8 Å². The van der Waals surface area contributed by atoms with Crippen LogP contribution in [0.2, 0.25) is 10.0 Å². The predicted molar refractivity (Wildman–Crippen MR) is 104 cm³/mol. The lowest BCUT2D eigenvalue weighted by Crippen LogP contribution is -2.14. The van der Waals surface area contributed by atoms with E-state index in [4.69, 9.17) is 27.9 Å². The fourth-order valence-corrected chi connectivity index (χ4v) is 3.09. The van der Waals surface area contributed by atoms with E-state index in [2.05, 4.69) is 0 Å². The second-order valence-electron chi connectivity index (χ2n) is 5.83. The third-order valence-corrected chi connectivity index (χ3v) is 4.52. The van der Waals surface area contributed by atoms with Gasteiger partial charge in [-0.05, 0) is 47.9 Å². The van der Waals surface area contributed by atoms with Gasteiger partial charge in [-0.3, -0.25) is 4.79 Å². The number of benzene rings is 3. The Balaban J connectivity index is 1.73. The summed E-state index contributed by atoms with van der Waals surface area (Å²) in [5.41, 5.74) is 1.70. The van der Waals surface area contributed by atoms with Crippen molar-refractivity contribution in [2.45, 2.75) is 12.3 Å². The van der Waals surface area contributed by atoms with Gasteiger partial charge in [-0.15, -0.1) is 0 Å². The van der Waals surface area contributed by atoms with Gasteiger partial charge in [0.15, 0.2) is 0 Å². The molecule has 3 aromatic carbocycles. The van der Waals surface area contributed by atoms with Gasteiger partial charge in [0.05, 0.1) is 10.9 Å². The standard InChI is InChI=1S/C21H16Cl2O3/c22-16-8-11-20(19(23)13-16)26-17-9-6-14(7-10-17)12-18(21(24)25)15-4-2-1-3-5-15/h1-11,13,18H,12H2,(H,24,25). The van der Waals surface area contributed by atoms with Gasteiger partial charge in [-0.1, -0.05) is 65.7 Å². The molecule has 132 valence electrons. The van der Waals surface area contributed by atoms with E-state index in [9.17, 15) is 9.90 Å². The maximum Gasteiger partial charge on any atom is 0.311 e. The van der Waals surface area contributed by atoms with E-state index in [1.807, 2.05) is 42.5 Å². The molecule has 0 aliphatic carbocycles. The van der Waals surface area contributed by atoms with Crippen molar-refractivity contribution in [2.75, 3.05) is 0 Å². The fraction of sp³-hybridized carbons (Fsp3) is 0.0952. The number of ether oxygens (including phenoxy) is 1. The normalized spacial score (nSPS) is 11.8. The molecule has 1 unspecified atom stereocenters. The lowest BCUT2D eigenvalue weighted by molar-refractivity contribution is -0.138. The van der Waals surface area contributed by atoms with E-state index in [0.717, 1.165) is 11.1 Å². The van der Waals surface area contributed by atoms with E-state index >= 15 is 0 Å². The van der Waals surface area contributed by atoms with Crippen LogP contribution in [0.4, 0.5) is 0 Å². The minimum atomic E-state index is -0.843. The molecule has 0 radical (unpaired) electrons. The zero-order valence-electron chi connectivity index (χ0n) is 13.7. The predicted octanol–water partition coefficient (Wildman–Crippen LogP) is 6.20. The molecule has 3 aromatic rings. The molecule has 3 rings (SSSR count). The highest BCUT2D eigenvalue weighted by atomic mass is 35.5. The molecule has 0 heterocycles. The molecule has 1 N–H and O–H groups in total. The highest BCUT2D eigenvalue weighted by Crippen LogP contribution is 2.32. The van der Waals surface area contributed by atoms with Crippen molar-refractivity contribution < 1.29 is 14.6 Å². The third kappa shape index (κ3) is 4.57. The molecule has 0 aliphatic heterocycles. The Morgan fingerprint density at radius 2 is 1.65 bits per heavy atom. The summed E-state index contributed by atoms with van der Waals surface area (Å²) in [5.74, 6) is -0.306. The van der Waals surface area contributed by atoms with Crippen LogP contribution in [0.1, 0.15) is 17.0 Å². The molecule has 0 fully saturated rings. The molecule has 0 bridgehead atoms. The second-order valence-corrected chi connectivity index (χ2v) is 6.67. The van der Waals surface area contributed by atoms with Gasteiger partial charge >= 0.3 is 5.97 Å². The van der Waals surface area contributed by atoms with Crippen molar-refractivity contribution in [1.29, 1.82) is 0 Å². The summed E-state index contributed by atoms with van der Waals surface area (Å²) in [6.45, 7) is 0. The number of carboxylic acid groups (broad SMARTS) is 1. The van der Waals surface area contributed by atoms with Crippen molar-refractivity contribution in [2.24, 2.45) is 0 Å². The first-order valence-corrected chi connectivity index (χ1v) is 8.78. The summed E-state index contributed by atoms with van der Waals surface area (Å²) in [7, 11) is 0. The lowest BCUT2D eigenvalue weighted by atomic mass is 9.92. The van der Waals surface area contributed by atoms with Crippen molar-refractivity contribution in [1.82, 2.24) is 0 Å². The van der Waals surface area contributed by atoms with Crippen LogP contribution in [0.3, 0.4) is 0 Å². The maximum absolute atomic E-state index is 11.6. The first kappa shape index (κ1) is 18.3. The minimum absolute atomic E-state index is 0.404. The summed E-state index contributed by atoms with van der Waals surface area (Å²) in [6.07, 6.45) is 0.404. The average molecular weight is 387 g/mol. The summed E-state index contributed by atoms with van der Waals surface area (Å²) in [6, 6.07) is 21.6. The number of hydrogen-bond acceptors (Lipinski definition) is 2. The van der Waals surface area contributed by atoms with Crippen molar-refractivity contribution in [3.63, 3.8) is 0 Å². The third-order valence-electron chi connectivity index (χ3n) is 3.98. The van der Waals surface area contributed by atoms with Crippen LogP contribution >= 0.6 is 23.2 Å². The number of aliphatic carboxylic acids is 1. The highest BCUT2D eigenvalue weighted by Gasteiger charge is 2.20. The number of carbonyl (C=O) groups is 1. The number of hydrogen-bond donors (Lipinski definition) is 1. The van der Waals surface area contributed by atoms with Gasteiger partial charge < -0.3 is 9.84 Å². The Kier molecular flexibility index (Phi) is 5.82. The number of carboxylic acids is 1. The van der Waals surface area contributed by atoms with Crippen LogP contribution in [-0.4, -0.2) is 11.1 Å². The average Bonchev–Trinajstić information content (AvgIpc) is 2.64.